The van der Waals surface area contributed by atoms with Gasteiger partial charge in [-0.3, -0.25) is 9.69 Å². The fraction of sp³-hybridized carbons (Fsp3) is 0.529. The Labute approximate surface area is 139 Å². The Hall–Kier alpha value is -1.66. The van der Waals surface area contributed by atoms with Crippen molar-refractivity contribution in [2.45, 2.75) is 31.7 Å². The molecular formula is C17H21N3O2S. The highest BCUT2D eigenvalue weighted by Crippen LogP contribution is 2.26. The number of hydrogen-bond donors (Lipinski definition) is 0. The van der Waals surface area contributed by atoms with Crippen molar-refractivity contribution in [2.75, 3.05) is 26.2 Å². The van der Waals surface area contributed by atoms with Gasteiger partial charge in [-0.1, -0.05) is 12.8 Å². The number of carbonyl (C=O) groups excluding carboxylic acids is 1. The molecule has 0 aromatic carbocycles. The minimum atomic E-state index is 0.0464. The van der Waals surface area contributed by atoms with E-state index in [1.807, 2.05) is 22.4 Å². The number of hydrogen-bond acceptors (Lipinski definition) is 5. The molecule has 6 heteroatoms. The molecule has 1 saturated heterocycles. The lowest BCUT2D eigenvalue weighted by Gasteiger charge is -2.37. The Bertz CT molecular complexity index is 653. The number of rotatable bonds is 3. The number of aromatic nitrogens is 1. The summed E-state index contributed by atoms with van der Waals surface area (Å²) in [6.45, 7) is 3.60. The maximum atomic E-state index is 12.6. The summed E-state index contributed by atoms with van der Waals surface area (Å²) in [6, 6.07) is 4.45. The average Bonchev–Trinajstić information content (AvgIpc) is 3.36. The van der Waals surface area contributed by atoms with Crippen LogP contribution in [0.4, 0.5) is 0 Å². The van der Waals surface area contributed by atoms with E-state index in [9.17, 15) is 4.79 Å². The molecule has 122 valence electrons. The first kappa shape index (κ1) is 14.9. The molecule has 0 bridgehead atoms. The molecule has 1 aliphatic heterocycles. The van der Waals surface area contributed by atoms with Crippen molar-refractivity contribution < 1.29 is 9.21 Å². The van der Waals surface area contributed by atoms with Crippen LogP contribution in [0.15, 0.2) is 28.2 Å². The van der Waals surface area contributed by atoms with Gasteiger partial charge in [0.2, 0.25) is 0 Å². The molecule has 1 amide bonds. The van der Waals surface area contributed by atoms with Gasteiger partial charge < -0.3 is 9.32 Å². The van der Waals surface area contributed by atoms with Crippen molar-refractivity contribution in [2.24, 2.45) is 0 Å². The van der Waals surface area contributed by atoms with Crippen molar-refractivity contribution in [1.29, 1.82) is 0 Å². The highest BCUT2D eigenvalue weighted by Gasteiger charge is 2.29. The Morgan fingerprint density at radius 3 is 2.70 bits per heavy atom. The third-order valence-electron chi connectivity index (χ3n) is 4.90. The number of amides is 1. The third kappa shape index (κ3) is 3.05. The van der Waals surface area contributed by atoms with Crippen LogP contribution in [0.3, 0.4) is 0 Å². The van der Waals surface area contributed by atoms with E-state index in [4.69, 9.17) is 4.42 Å². The Kier molecular flexibility index (Phi) is 4.18. The summed E-state index contributed by atoms with van der Waals surface area (Å²) in [7, 11) is 0. The zero-order valence-electron chi connectivity index (χ0n) is 13.1. The highest BCUT2D eigenvalue weighted by atomic mass is 32.1. The Morgan fingerprint density at radius 2 is 2.00 bits per heavy atom. The quantitative estimate of drug-likeness (QED) is 0.867. The van der Waals surface area contributed by atoms with E-state index in [2.05, 4.69) is 9.88 Å². The molecule has 23 heavy (non-hydrogen) atoms. The normalized spacial score (nSPS) is 20.3. The molecule has 2 aromatic heterocycles. The van der Waals surface area contributed by atoms with Crippen LogP contribution < -0.4 is 0 Å². The van der Waals surface area contributed by atoms with Gasteiger partial charge in [0.15, 0.2) is 10.8 Å². The van der Waals surface area contributed by atoms with Gasteiger partial charge in [-0.25, -0.2) is 4.98 Å². The molecule has 5 nitrogen and oxygen atoms in total. The van der Waals surface area contributed by atoms with Gasteiger partial charge in [-0.15, -0.1) is 11.3 Å². The van der Waals surface area contributed by atoms with E-state index in [0.717, 1.165) is 43.0 Å². The lowest BCUT2D eigenvalue weighted by Crippen LogP contribution is -2.51. The standard InChI is InChI=1S/C17H21N3O2S/c21-17(14-12-23-16(18-14)15-6-3-11-22-15)20-9-7-19(8-10-20)13-4-1-2-5-13/h3,6,11-13H,1-2,4-5,7-10H2. The molecular weight excluding hydrogens is 310 g/mol. The smallest absolute Gasteiger partial charge is 0.273 e. The second-order valence-electron chi connectivity index (χ2n) is 6.28. The van der Waals surface area contributed by atoms with Crippen molar-refractivity contribution in [1.82, 2.24) is 14.8 Å². The topological polar surface area (TPSA) is 49.6 Å². The number of furan rings is 1. The lowest BCUT2D eigenvalue weighted by atomic mass is 10.2. The van der Waals surface area contributed by atoms with E-state index in [1.165, 1.54) is 37.0 Å². The van der Waals surface area contributed by atoms with E-state index >= 15 is 0 Å². The van der Waals surface area contributed by atoms with Crippen LogP contribution >= 0.6 is 11.3 Å². The molecule has 1 saturated carbocycles. The summed E-state index contributed by atoms with van der Waals surface area (Å²) >= 11 is 1.46. The van der Waals surface area contributed by atoms with Gasteiger partial charge in [-0.05, 0) is 25.0 Å². The van der Waals surface area contributed by atoms with E-state index < -0.39 is 0 Å². The maximum absolute atomic E-state index is 12.6. The minimum Gasteiger partial charge on any atom is -0.462 e. The van der Waals surface area contributed by atoms with Crippen LogP contribution in [0.25, 0.3) is 10.8 Å². The third-order valence-corrected chi connectivity index (χ3v) is 5.75. The molecule has 0 unspecified atom stereocenters. The largest absolute Gasteiger partial charge is 0.462 e. The molecule has 1 aliphatic carbocycles. The molecule has 0 radical (unpaired) electrons. The van der Waals surface area contributed by atoms with Crippen molar-refractivity contribution >= 4 is 17.2 Å². The molecule has 3 heterocycles. The number of carbonyl (C=O) groups is 1. The number of thiazole rings is 1. The molecule has 0 N–H and O–H groups in total. The van der Waals surface area contributed by atoms with Gasteiger partial charge in [0, 0.05) is 37.6 Å². The second-order valence-corrected chi connectivity index (χ2v) is 7.14. The van der Waals surface area contributed by atoms with Crippen LogP contribution in [0, 0.1) is 0 Å². The summed E-state index contributed by atoms with van der Waals surface area (Å²) in [5, 5.41) is 2.60. The van der Waals surface area contributed by atoms with Gasteiger partial charge in [-0.2, -0.15) is 0 Å². The lowest BCUT2D eigenvalue weighted by molar-refractivity contribution is 0.0569. The molecule has 4 rings (SSSR count). The first-order chi connectivity index (χ1) is 11.3. The summed E-state index contributed by atoms with van der Waals surface area (Å²) in [5.74, 6) is 0.769. The zero-order valence-corrected chi connectivity index (χ0v) is 13.9. The van der Waals surface area contributed by atoms with Crippen LogP contribution in [-0.4, -0.2) is 52.9 Å². The highest BCUT2D eigenvalue weighted by molar-refractivity contribution is 7.13. The predicted molar refractivity (Wildman–Crippen MR) is 89.5 cm³/mol. The fourth-order valence-corrected chi connectivity index (χ4v) is 4.37. The molecule has 0 spiro atoms. The van der Waals surface area contributed by atoms with Gasteiger partial charge >= 0.3 is 0 Å². The van der Waals surface area contributed by atoms with Gasteiger partial charge in [0.25, 0.3) is 5.91 Å². The van der Waals surface area contributed by atoms with Crippen LogP contribution in [0.5, 0.6) is 0 Å². The SMILES string of the molecule is O=C(c1csc(-c2ccco2)n1)N1CCN(C2CCCC2)CC1. The predicted octanol–water partition coefficient (Wildman–Crippen LogP) is 3.10. The van der Waals surface area contributed by atoms with Gasteiger partial charge in [0.1, 0.15) is 5.69 Å². The minimum absolute atomic E-state index is 0.0464. The van der Waals surface area contributed by atoms with Crippen molar-refractivity contribution in [3.05, 3.63) is 29.5 Å². The summed E-state index contributed by atoms with van der Waals surface area (Å²) < 4.78 is 5.35. The second kappa shape index (κ2) is 6.45. The van der Waals surface area contributed by atoms with Crippen molar-refractivity contribution in [3.8, 4) is 10.8 Å². The summed E-state index contributed by atoms with van der Waals surface area (Å²) in [5.41, 5.74) is 0.538. The van der Waals surface area contributed by atoms with Crippen LogP contribution in [0.2, 0.25) is 0 Å². The number of nitrogens with zero attached hydrogens (tertiary/aromatic N) is 3. The fourth-order valence-electron chi connectivity index (χ4n) is 3.61. The van der Waals surface area contributed by atoms with Crippen LogP contribution in [-0.2, 0) is 0 Å². The summed E-state index contributed by atoms with van der Waals surface area (Å²) in [4.78, 5) is 21.6. The molecule has 0 atom stereocenters. The molecule has 2 aromatic rings. The first-order valence-corrected chi connectivity index (χ1v) is 9.22. The zero-order chi connectivity index (χ0) is 15.6. The Balaban J connectivity index is 1.38. The van der Waals surface area contributed by atoms with Gasteiger partial charge in [0.05, 0.1) is 6.26 Å². The van der Waals surface area contributed by atoms with E-state index in [-0.39, 0.29) is 5.91 Å². The van der Waals surface area contributed by atoms with E-state index in [1.54, 1.807) is 6.26 Å². The maximum Gasteiger partial charge on any atom is 0.273 e. The average molecular weight is 331 g/mol. The van der Waals surface area contributed by atoms with Crippen LogP contribution in [0.1, 0.15) is 36.2 Å². The molecule has 2 aliphatic rings. The number of piperazine rings is 1. The Morgan fingerprint density at radius 1 is 1.22 bits per heavy atom. The summed E-state index contributed by atoms with van der Waals surface area (Å²) in [6.07, 6.45) is 7.00. The first-order valence-electron chi connectivity index (χ1n) is 8.34. The van der Waals surface area contributed by atoms with E-state index in [0.29, 0.717) is 5.69 Å². The monoisotopic (exact) mass is 331 g/mol. The molecule has 2 fully saturated rings. The van der Waals surface area contributed by atoms with Crippen molar-refractivity contribution in [3.63, 3.8) is 0 Å².